The van der Waals surface area contributed by atoms with E-state index >= 15 is 0 Å². The number of ether oxygens (including phenoxy) is 1. The van der Waals surface area contributed by atoms with Gasteiger partial charge in [0, 0.05) is 75.1 Å². The van der Waals surface area contributed by atoms with Crippen LogP contribution in [0.4, 0.5) is 5.69 Å². The second-order valence-corrected chi connectivity index (χ2v) is 9.80. The Balaban J connectivity index is 1.23. The van der Waals surface area contributed by atoms with Crippen molar-refractivity contribution in [1.29, 1.82) is 5.26 Å². The van der Waals surface area contributed by atoms with E-state index in [4.69, 9.17) is 4.74 Å². The molecule has 1 aliphatic carbocycles. The summed E-state index contributed by atoms with van der Waals surface area (Å²) < 4.78 is 9.15. The molecule has 2 aliphatic heterocycles. The van der Waals surface area contributed by atoms with Crippen LogP contribution in [0.15, 0.2) is 36.9 Å². The van der Waals surface area contributed by atoms with Crippen molar-refractivity contribution >= 4 is 11.2 Å². The quantitative estimate of drug-likeness (QED) is 0.618. The summed E-state index contributed by atoms with van der Waals surface area (Å²) in [6, 6.07) is 8.54. The summed E-state index contributed by atoms with van der Waals surface area (Å²) in [6.07, 6.45) is 12.3. The van der Waals surface area contributed by atoms with Gasteiger partial charge in [0.2, 0.25) is 0 Å². The van der Waals surface area contributed by atoms with Gasteiger partial charge >= 0.3 is 0 Å². The lowest BCUT2D eigenvalue weighted by Crippen LogP contribution is -2.62. The van der Waals surface area contributed by atoms with Crippen LogP contribution in [0.2, 0.25) is 0 Å². The molecular formula is C24H29N7O. The van der Waals surface area contributed by atoms with Gasteiger partial charge in [0.1, 0.15) is 0 Å². The monoisotopic (exact) mass is 431 g/mol. The first kappa shape index (κ1) is 19.8. The Morgan fingerprint density at radius 3 is 2.56 bits per heavy atom. The average Bonchev–Trinajstić information content (AvgIpc) is 3.45. The van der Waals surface area contributed by atoms with Crippen molar-refractivity contribution in [3.63, 3.8) is 0 Å². The summed E-state index contributed by atoms with van der Waals surface area (Å²) in [6.45, 7) is 2.62. The van der Waals surface area contributed by atoms with Crippen molar-refractivity contribution < 1.29 is 4.74 Å². The first-order chi connectivity index (χ1) is 15.6. The Morgan fingerprint density at radius 2 is 1.91 bits per heavy atom. The van der Waals surface area contributed by atoms with Crippen LogP contribution in [0.5, 0.6) is 0 Å². The Kier molecular flexibility index (Phi) is 4.52. The first-order valence-electron chi connectivity index (χ1n) is 11.5. The molecule has 166 valence electrons. The Bertz CT molecular complexity index is 1170. The van der Waals surface area contributed by atoms with Crippen LogP contribution >= 0.6 is 0 Å². The molecule has 8 heteroatoms. The number of hydrogen-bond donors (Lipinski definition) is 0. The summed E-state index contributed by atoms with van der Waals surface area (Å²) >= 11 is 0. The minimum absolute atomic E-state index is 0.276. The minimum atomic E-state index is -0.276. The standard InChI is InChI=1S/C24H29N7O/c1-28-11-18(10-27-28)17-7-23-22(5-6-26-30(23)12-17)29-13-19-3-4-20(14-29)31(19)21-8-24(9-21,15-25)16-32-2/h5-7,10-12,19-21H,3-4,8-9,13-14,16H2,1-2H3/t19-,20?,21?,24?/m0/s1. The van der Waals surface area contributed by atoms with Gasteiger partial charge in [-0.05, 0) is 37.8 Å². The molecule has 5 heterocycles. The summed E-state index contributed by atoms with van der Waals surface area (Å²) in [5.41, 5.74) is 4.37. The molecule has 2 bridgehead atoms. The van der Waals surface area contributed by atoms with Crippen LogP contribution in [0.3, 0.4) is 0 Å². The van der Waals surface area contributed by atoms with E-state index in [-0.39, 0.29) is 5.41 Å². The molecular weight excluding hydrogens is 402 g/mol. The molecule has 1 saturated carbocycles. The number of fused-ring (bicyclic) bond motifs is 3. The average molecular weight is 432 g/mol. The highest BCUT2D eigenvalue weighted by Gasteiger charge is 2.53. The van der Waals surface area contributed by atoms with E-state index in [0.29, 0.717) is 24.7 Å². The molecule has 0 N–H and O–H groups in total. The molecule has 0 aromatic carbocycles. The molecule has 3 aliphatic rings. The Labute approximate surface area is 188 Å². The zero-order valence-corrected chi connectivity index (χ0v) is 18.7. The molecule has 0 radical (unpaired) electrons. The first-order valence-corrected chi connectivity index (χ1v) is 11.5. The van der Waals surface area contributed by atoms with Gasteiger partial charge in [-0.15, -0.1) is 0 Å². The number of hydrogen-bond acceptors (Lipinski definition) is 6. The van der Waals surface area contributed by atoms with Gasteiger partial charge in [0.25, 0.3) is 0 Å². The van der Waals surface area contributed by atoms with E-state index in [1.165, 1.54) is 18.5 Å². The fourth-order valence-corrected chi connectivity index (χ4v) is 6.29. The van der Waals surface area contributed by atoms with E-state index in [1.807, 2.05) is 34.8 Å². The molecule has 3 fully saturated rings. The largest absolute Gasteiger partial charge is 0.383 e. The van der Waals surface area contributed by atoms with Gasteiger partial charge in [-0.25, -0.2) is 4.52 Å². The molecule has 1 unspecified atom stereocenters. The molecule has 3 aromatic heterocycles. The molecule has 32 heavy (non-hydrogen) atoms. The fourth-order valence-electron chi connectivity index (χ4n) is 6.29. The highest BCUT2D eigenvalue weighted by molar-refractivity contribution is 5.79. The third kappa shape index (κ3) is 3.03. The molecule has 2 atom stereocenters. The molecule has 0 amide bonds. The second-order valence-electron chi connectivity index (χ2n) is 9.80. The maximum Gasteiger partial charge on any atom is 0.0886 e. The maximum absolute atomic E-state index is 9.64. The van der Waals surface area contributed by atoms with Gasteiger partial charge in [0.05, 0.1) is 35.5 Å². The van der Waals surface area contributed by atoms with Crippen molar-refractivity contribution in [2.45, 2.75) is 43.8 Å². The number of piperazine rings is 1. The highest BCUT2D eigenvalue weighted by Crippen LogP contribution is 2.48. The number of aryl methyl sites for hydroxylation is 1. The van der Waals surface area contributed by atoms with Crippen LogP contribution < -0.4 is 4.90 Å². The summed E-state index contributed by atoms with van der Waals surface area (Å²) in [4.78, 5) is 5.29. The SMILES string of the molecule is COCC1(C#N)CC(N2C3CC[C@H]2CN(c2ccnn4cc(-c5cnn(C)c5)cc24)C3)C1. The van der Waals surface area contributed by atoms with E-state index in [9.17, 15) is 5.26 Å². The fraction of sp³-hybridized carbons (Fsp3) is 0.542. The Morgan fingerprint density at radius 1 is 1.12 bits per heavy atom. The van der Waals surface area contributed by atoms with Crippen LogP contribution in [-0.4, -0.2) is 69.2 Å². The van der Waals surface area contributed by atoms with Crippen molar-refractivity contribution in [3.05, 3.63) is 36.9 Å². The van der Waals surface area contributed by atoms with Crippen LogP contribution in [-0.2, 0) is 11.8 Å². The summed E-state index contributed by atoms with van der Waals surface area (Å²) in [5.74, 6) is 0. The minimum Gasteiger partial charge on any atom is -0.383 e. The number of methoxy groups -OCH3 is 1. The van der Waals surface area contributed by atoms with E-state index in [2.05, 4.69) is 44.4 Å². The lowest BCUT2D eigenvalue weighted by atomic mass is 9.66. The van der Waals surface area contributed by atoms with E-state index in [0.717, 1.165) is 42.6 Å². The van der Waals surface area contributed by atoms with Crippen molar-refractivity contribution in [3.8, 4) is 17.2 Å². The van der Waals surface area contributed by atoms with Gasteiger partial charge in [-0.1, -0.05) is 0 Å². The number of nitrogens with zero attached hydrogens (tertiary/aromatic N) is 7. The predicted octanol–water partition coefficient (Wildman–Crippen LogP) is 2.71. The van der Waals surface area contributed by atoms with E-state index < -0.39 is 0 Å². The Hall–Kier alpha value is -2.89. The van der Waals surface area contributed by atoms with Gasteiger partial charge in [-0.3, -0.25) is 9.58 Å². The molecule has 2 saturated heterocycles. The smallest absolute Gasteiger partial charge is 0.0886 e. The maximum atomic E-state index is 9.64. The van der Waals surface area contributed by atoms with Crippen molar-refractivity contribution in [2.24, 2.45) is 12.5 Å². The number of nitriles is 1. The van der Waals surface area contributed by atoms with Gasteiger partial charge < -0.3 is 9.64 Å². The lowest BCUT2D eigenvalue weighted by Gasteiger charge is -2.53. The van der Waals surface area contributed by atoms with Gasteiger partial charge in [0.15, 0.2) is 0 Å². The summed E-state index contributed by atoms with van der Waals surface area (Å²) in [5, 5.41) is 18.5. The predicted molar refractivity (Wildman–Crippen MR) is 121 cm³/mol. The normalized spacial score (nSPS) is 29.9. The van der Waals surface area contributed by atoms with Crippen molar-refractivity contribution in [1.82, 2.24) is 24.3 Å². The van der Waals surface area contributed by atoms with Crippen LogP contribution in [0, 0.1) is 16.7 Å². The zero-order chi connectivity index (χ0) is 21.9. The molecule has 3 aromatic rings. The lowest BCUT2D eigenvalue weighted by molar-refractivity contribution is -0.0365. The molecule has 0 spiro atoms. The number of rotatable bonds is 5. The van der Waals surface area contributed by atoms with Crippen LogP contribution in [0.1, 0.15) is 25.7 Å². The number of anilines is 1. The van der Waals surface area contributed by atoms with E-state index in [1.54, 1.807) is 7.11 Å². The topological polar surface area (TPSA) is 74.6 Å². The summed E-state index contributed by atoms with van der Waals surface area (Å²) in [7, 11) is 3.64. The zero-order valence-electron chi connectivity index (χ0n) is 18.7. The number of aromatic nitrogens is 4. The molecule has 8 nitrogen and oxygen atoms in total. The molecule has 6 rings (SSSR count). The van der Waals surface area contributed by atoms with Crippen molar-refractivity contribution in [2.75, 3.05) is 31.7 Å². The second kappa shape index (κ2) is 7.32. The highest BCUT2D eigenvalue weighted by atomic mass is 16.5. The van der Waals surface area contributed by atoms with Gasteiger partial charge in [-0.2, -0.15) is 15.5 Å². The third-order valence-electron chi connectivity index (χ3n) is 7.74. The van der Waals surface area contributed by atoms with Crippen LogP contribution in [0.25, 0.3) is 16.6 Å². The third-order valence-corrected chi connectivity index (χ3v) is 7.74.